The molecule has 2 aromatic rings. The predicted octanol–water partition coefficient (Wildman–Crippen LogP) is 1.73. The molecular formula is C10H14N4. The molecular weight excluding hydrogens is 176 g/mol. The second-order valence-electron chi connectivity index (χ2n) is 4.52. The van der Waals surface area contributed by atoms with Crippen molar-refractivity contribution in [2.45, 2.75) is 33.1 Å². The van der Waals surface area contributed by atoms with Crippen LogP contribution < -0.4 is 0 Å². The van der Waals surface area contributed by atoms with Crippen molar-refractivity contribution in [1.82, 2.24) is 19.6 Å². The Labute approximate surface area is 83.0 Å². The minimum atomic E-state index is 0.0482. The third-order valence-electron chi connectivity index (χ3n) is 2.28. The van der Waals surface area contributed by atoms with Gasteiger partial charge in [0.2, 0.25) is 0 Å². The summed E-state index contributed by atoms with van der Waals surface area (Å²) < 4.78 is 1.85. The summed E-state index contributed by atoms with van der Waals surface area (Å²) in [5, 5.41) is 8.01. The number of fused-ring (bicyclic) bond motifs is 1. The van der Waals surface area contributed by atoms with Gasteiger partial charge in [0.25, 0.3) is 0 Å². The first-order chi connectivity index (χ1) is 6.50. The highest BCUT2D eigenvalue weighted by Gasteiger charge is 2.21. The van der Waals surface area contributed by atoms with Crippen LogP contribution in [0.1, 0.15) is 32.0 Å². The maximum absolute atomic E-state index is 4.33. The van der Waals surface area contributed by atoms with Gasteiger partial charge in [0.15, 0.2) is 5.65 Å². The molecule has 0 radical (unpaired) electrons. The molecule has 0 saturated heterocycles. The van der Waals surface area contributed by atoms with Crippen LogP contribution in [0.15, 0.2) is 12.7 Å². The summed E-state index contributed by atoms with van der Waals surface area (Å²) >= 11 is 0. The first-order valence-corrected chi connectivity index (χ1v) is 4.65. The van der Waals surface area contributed by atoms with Crippen molar-refractivity contribution in [3.05, 3.63) is 23.9 Å². The summed E-state index contributed by atoms with van der Waals surface area (Å²) in [6, 6.07) is 0. The van der Waals surface area contributed by atoms with Crippen molar-refractivity contribution in [1.29, 1.82) is 0 Å². The van der Waals surface area contributed by atoms with Crippen LogP contribution in [0, 0.1) is 6.92 Å². The van der Waals surface area contributed by atoms with Gasteiger partial charge in [0.1, 0.15) is 12.7 Å². The molecule has 0 unspecified atom stereocenters. The van der Waals surface area contributed by atoms with Crippen molar-refractivity contribution in [3.63, 3.8) is 0 Å². The summed E-state index contributed by atoms with van der Waals surface area (Å²) in [7, 11) is 0. The van der Waals surface area contributed by atoms with Crippen molar-refractivity contribution in [3.8, 4) is 0 Å². The third-order valence-corrected chi connectivity index (χ3v) is 2.28. The van der Waals surface area contributed by atoms with Gasteiger partial charge in [-0.2, -0.15) is 0 Å². The molecule has 0 spiro atoms. The second-order valence-corrected chi connectivity index (χ2v) is 4.52. The van der Waals surface area contributed by atoms with E-state index in [2.05, 4.69) is 36.0 Å². The zero-order valence-corrected chi connectivity index (χ0v) is 8.94. The molecule has 0 bridgehead atoms. The fraction of sp³-hybridized carbons (Fsp3) is 0.500. The lowest BCUT2D eigenvalue weighted by atomic mass is 9.86. The Bertz CT molecular complexity index is 464. The van der Waals surface area contributed by atoms with Crippen LogP contribution in [-0.4, -0.2) is 19.6 Å². The Morgan fingerprint density at radius 1 is 1.21 bits per heavy atom. The van der Waals surface area contributed by atoms with E-state index >= 15 is 0 Å². The fourth-order valence-corrected chi connectivity index (χ4v) is 1.76. The minimum absolute atomic E-state index is 0.0482. The van der Waals surface area contributed by atoms with Gasteiger partial charge in [0.05, 0.1) is 0 Å². The Balaban J connectivity index is 2.83. The number of rotatable bonds is 0. The zero-order chi connectivity index (χ0) is 10.3. The fourth-order valence-electron chi connectivity index (χ4n) is 1.76. The van der Waals surface area contributed by atoms with Gasteiger partial charge in [-0.3, -0.25) is 4.40 Å². The van der Waals surface area contributed by atoms with Crippen LogP contribution in [0.4, 0.5) is 0 Å². The standard InChI is InChI=1S/C10H14N4/c1-7-8(10(2,3)4)9-13-12-6-14(9)5-11-7/h5-6H,1-4H3. The molecule has 0 amide bonds. The molecule has 0 aromatic carbocycles. The first-order valence-electron chi connectivity index (χ1n) is 4.65. The van der Waals surface area contributed by atoms with Crippen LogP contribution in [0.25, 0.3) is 5.65 Å². The van der Waals surface area contributed by atoms with E-state index in [1.54, 1.807) is 12.7 Å². The van der Waals surface area contributed by atoms with E-state index in [0.29, 0.717) is 0 Å². The lowest BCUT2D eigenvalue weighted by Crippen LogP contribution is -2.16. The molecule has 0 aliphatic heterocycles. The number of aromatic nitrogens is 4. The molecule has 2 rings (SSSR count). The highest BCUT2D eigenvalue weighted by Crippen LogP contribution is 2.27. The van der Waals surface area contributed by atoms with E-state index < -0.39 is 0 Å². The van der Waals surface area contributed by atoms with Crippen LogP contribution in [0.3, 0.4) is 0 Å². The molecule has 0 atom stereocenters. The summed E-state index contributed by atoms with van der Waals surface area (Å²) in [6.07, 6.45) is 3.43. The first kappa shape index (κ1) is 9.12. The normalized spacial score (nSPS) is 12.3. The Hall–Kier alpha value is -1.45. The number of aryl methyl sites for hydroxylation is 1. The molecule has 0 saturated carbocycles. The molecule has 4 nitrogen and oxygen atoms in total. The monoisotopic (exact) mass is 190 g/mol. The van der Waals surface area contributed by atoms with Gasteiger partial charge in [-0.05, 0) is 12.3 Å². The topological polar surface area (TPSA) is 43.1 Å². The Morgan fingerprint density at radius 2 is 1.93 bits per heavy atom. The zero-order valence-electron chi connectivity index (χ0n) is 8.94. The van der Waals surface area contributed by atoms with E-state index in [0.717, 1.165) is 16.9 Å². The summed E-state index contributed by atoms with van der Waals surface area (Å²) in [4.78, 5) is 4.33. The predicted molar refractivity (Wildman–Crippen MR) is 54.2 cm³/mol. The molecule has 0 aliphatic rings. The van der Waals surface area contributed by atoms with E-state index in [-0.39, 0.29) is 5.41 Å². The average Bonchev–Trinajstić information content (AvgIpc) is 2.48. The lowest BCUT2D eigenvalue weighted by molar-refractivity contribution is 0.582. The molecule has 74 valence electrons. The maximum atomic E-state index is 4.33. The Kier molecular flexibility index (Phi) is 1.80. The number of nitrogens with zero attached hydrogens (tertiary/aromatic N) is 4. The van der Waals surface area contributed by atoms with Crippen LogP contribution in [0.2, 0.25) is 0 Å². The summed E-state index contributed by atoms with van der Waals surface area (Å²) in [6.45, 7) is 8.48. The van der Waals surface area contributed by atoms with E-state index in [1.807, 2.05) is 11.3 Å². The molecule has 0 N–H and O–H groups in total. The van der Waals surface area contributed by atoms with E-state index in [4.69, 9.17) is 0 Å². The maximum Gasteiger partial charge on any atom is 0.167 e. The SMILES string of the molecule is Cc1ncn2cnnc2c1C(C)(C)C. The Morgan fingerprint density at radius 3 is 2.57 bits per heavy atom. The van der Waals surface area contributed by atoms with Gasteiger partial charge >= 0.3 is 0 Å². The molecule has 14 heavy (non-hydrogen) atoms. The molecule has 0 fully saturated rings. The second kappa shape index (κ2) is 2.77. The number of hydrogen-bond donors (Lipinski definition) is 0. The van der Waals surface area contributed by atoms with Crippen molar-refractivity contribution < 1.29 is 0 Å². The van der Waals surface area contributed by atoms with Gasteiger partial charge < -0.3 is 0 Å². The van der Waals surface area contributed by atoms with Crippen molar-refractivity contribution >= 4 is 5.65 Å². The van der Waals surface area contributed by atoms with Gasteiger partial charge in [0, 0.05) is 11.3 Å². The van der Waals surface area contributed by atoms with Gasteiger partial charge in [-0.25, -0.2) is 4.98 Å². The van der Waals surface area contributed by atoms with Crippen LogP contribution >= 0.6 is 0 Å². The lowest BCUT2D eigenvalue weighted by Gasteiger charge is -2.20. The molecule has 2 heterocycles. The van der Waals surface area contributed by atoms with Crippen molar-refractivity contribution in [2.24, 2.45) is 0 Å². The van der Waals surface area contributed by atoms with Crippen LogP contribution in [0.5, 0.6) is 0 Å². The molecule has 0 aliphatic carbocycles. The summed E-state index contributed by atoms with van der Waals surface area (Å²) in [5.74, 6) is 0. The highest BCUT2D eigenvalue weighted by molar-refractivity contribution is 5.51. The molecule has 4 heteroatoms. The third kappa shape index (κ3) is 1.27. The van der Waals surface area contributed by atoms with E-state index in [9.17, 15) is 0 Å². The quantitative estimate of drug-likeness (QED) is 0.635. The van der Waals surface area contributed by atoms with Crippen molar-refractivity contribution in [2.75, 3.05) is 0 Å². The number of hydrogen-bond acceptors (Lipinski definition) is 3. The van der Waals surface area contributed by atoms with Crippen LogP contribution in [-0.2, 0) is 5.41 Å². The smallest absolute Gasteiger partial charge is 0.167 e. The molecule has 2 aromatic heterocycles. The average molecular weight is 190 g/mol. The minimum Gasteiger partial charge on any atom is -0.272 e. The largest absolute Gasteiger partial charge is 0.272 e. The summed E-state index contributed by atoms with van der Waals surface area (Å²) in [5.41, 5.74) is 3.15. The highest BCUT2D eigenvalue weighted by atomic mass is 15.2. The van der Waals surface area contributed by atoms with E-state index in [1.165, 1.54) is 0 Å². The van der Waals surface area contributed by atoms with Gasteiger partial charge in [-0.15, -0.1) is 10.2 Å². The van der Waals surface area contributed by atoms with Gasteiger partial charge in [-0.1, -0.05) is 20.8 Å².